The summed E-state index contributed by atoms with van der Waals surface area (Å²) in [6.07, 6.45) is 0.361. The van der Waals surface area contributed by atoms with Gasteiger partial charge in [0.05, 0.1) is 29.9 Å². The summed E-state index contributed by atoms with van der Waals surface area (Å²) in [5.41, 5.74) is -1.16. The molecule has 4 aliphatic rings. The van der Waals surface area contributed by atoms with Crippen LogP contribution in [0.4, 0.5) is 13.2 Å². The molecule has 3 aromatic carbocycles. The fraction of sp³-hybridized carbons (Fsp3) is 0.471. The fourth-order valence-electron chi connectivity index (χ4n) is 8.30. The molecule has 44 heavy (non-hydrogen) atoms. The standard InChI is InChI=1S/C34H36F3NO6/c1-42-12-13-44-33-17-22-14-23(18-33)16-32(15-22,20-33)29(31(40)41)38-30(39)27-11-8-24-4-2-3-5-26(24)28(27)43-19-21-6-9-25(10-7-21)34(35,36)37/h2-11,22-23,29H,12-20H2,1H3,(H,38,39)(H,40,41)/t22-,23+,29-,32?,33?/m1/s1. The number of amides is 1. The molecule has 0 saturated heterocycles. The lowest BCUT2D eigenvalue weighted by molar-refractivity contribution is -0.206. The van der Waals surface area contributed by atoms with Gasteiger partial charge in [-0.1, -0.05) is 42.5 Å². The highest BCUT2D eigenvalue weighted by Crippen LogP contribution is 2.64. The first-order valence-corrected chi connectivity index (χ1v) is 15.0. The van der Waals surface area contributed by atoms with E-state index in [2.05, 4.69) is 5.32 Å². The molecule has 4 saturated carbocycles. The normalized spacial score (nSPS) is 26.5. The zero-order valence-corrected chi connectivity index (χ0v) is 24.5. The maximum absolute atomic E-state index is 13.9. The molecule has 0 heterocycles. The van der Waals surface area contributed by atoms with Crippen LogP contribution < -0.4 is 10.1 Å². The molecule has 0 spiro atoms. The van der Waals surface area contributed by atoms with Gasteiger partial charge in [-0.2, -0.15) is 13.2 Å². The van der Waals surface area contributed by atoms with E-state index >= 15 is 0 Å². The van der Waals surface area contributed by atoms with Crippen molar-refractivity contribution in [2.24, 2.45) is 17.3 Å². The number of halogens is 3. The van der Waals surface area contributed by atoms with E-state index in [0.717, 1.165) is 36.8 Å². The second-order valence-corrected chi connectivity index (χ2v) is 12.7. The number of nitrogens with one attached hydrogen (secondary N) is 1. The van der Waals surface area contributed by atoms with Gasteiger partial charge in [0.1, 0.15) is 18.4 Å². The van der Waals surface area contributed by atoms with Crippen LogP contribution >= 0.6 is 0 Å². The van der Waals surface area contributed by atoms with Crippen LogP contribution in [-0.2, 0) is 27.1 Å². The third-order valence-electron chi connectivity index (χ3n) is 9.67. The molecule has 10 heteroatoms. The highest BCUT2D eigenvalue weighted by Gasteiger charge is 2.62. The van der Waals surface area contributed by atoms with Gasteiger partial charge in [-0.15, -0.1) is 0 Å². The Hall–Kier alpha value is -3.63. The molecule has 4 bridgehead atoms. The Bertz CT molecular complexity index is 1520. The van der Waals surface area contributed by atoms with Gasteiger partial charge in [0.2, 0.25) is 0 Å². The molecule has 0 aliphatic heterocycles. The first-order chi connectivity index (χ1) is 21.0. The van der Waals surface area contributed by atoms with Crippen molar-refractivity contribution in [2.75, 3.05) is 20.3 Å². The van der Waals surface area contributed by atoms with Crippen LogP contribution in [0.25, 0.3) is 10.8 Å². The molecule has 4 aliphatic carbocycles. The van der Waals surface area contributed by atoms with Crippen molar-refractivity contribution in [3.05, 3.63) is 77.4 Å². The molecule has 2 N–H and O–H groups in total. The van der Waals surface area contributed by atoms with Crippen molar-refractivity contribution in [1.29, 1.82) is 0 Å². The minimum atomic E-state index is -4.45. The molecule has 0 radical (unpaired) electrons. The van der Waals surface area contributed by atoms with Crippen molar-refractivity contribution in [2.45, 2.75) is 63.0 Å². The van der Waals surface area contributed by atoms with Gasteiger partial charge in [0, 0.05) is 17.9 Å². The van der Waals surface area contributed by atoms with Crippen molar-refractivity contribution in [3.63, 3.8) is 0 Å². The van der Waals surface area contributed by atoms with E-state index in [9.17, 15) is 27.9 Å². The number of rotatable bonds is 11. The summed E-state index contributed by atoms with van der Waals surface area (Å²) in [6, 6.07) is 14.2. The number of hydrogen-bond acceptors (Lipinski definition) is 5. The van der Waals surface area contributed by atoms with E-state index in [1.54, 1.807) is 31.4 Å². The van der Waals surface area contributed by atoms with E-state index in [1.807, 2.05) is 12.1 Å². The van der Waals surface area contributed by atoms with Crippen LogP contribution in [0, 0.1) is 17.3 Å². The highest BCUT2D eigenvalue weighted by atomic mass is 19.4. The number of carbonyl (C=O) groups is 2. The van der Waals surface area contributed by atoms with Crippen molar-refractivity contribution >= 4 is 22.6 Å². The van der Waals surface area contributed by atoms with Gasteiger partial charge in [0.15, 0.2) is 0 Å². The fourth-order valence-corrected chi connectivity index (χ4v) is 8.30. The molecule has 1 amide bonds. The average molecular weight is 612 g/mol. The number of alkyl halides is 3. The van der Waals surface area contributed by atoms with Crippen LogP contribution in [0.5, 0.6) is 5.75 Å². The lowest BCUT2D eigenvalue weighted by Crippen LogP contribution is -2.65. The Kier molecular flexibility index (Phi) is 8.09. The van der Waals surface area contributed by atoms with Gasteiger partial charge in [-0.05, 0) is 79.5 Å². The minimum Gasteiger partial charge on any atom is -0.487 e. The van der Waals surface area contributed by atoms with E-state index < -0.39 is 40.7 Å². The minimum absolute atomic E-state index is 0.0799. The third-order valence-corrected chi connectivity index (χ3v) is 9.67. The summed E-state index contributed by atoms with van der Waals surface area (Å²) >= 11 is 0. The Labute approximate surface area is 253 Å². The number of fused-ring (bicyclic) bond motifs is 1. The molecule has 7 rings (SSSR count). The topological polar surface area (TPSA) is 94.1 Å². The smallest absolute Gasteiger partial charge is 0.416 e. The predicted octanol–water partition coefficient (Wildman–Crippen LogP) is 6.62. The number of ether oxygens (including phenoxy) is 3. The highest BCUT2D eigenvalue weighted by molar-refractivity contribution is 6.05. The van der Waals surface area contributed by atoms with Gasteiger partial charge < -0.3 is 24.6 Å². The van der Waals surface area contributed by atoms with Gasteiger partial charge in [-0.25, -0.2) is 4.79 Å². The van der Waals surface area contributed by atoms with Crippen LogP contribution in [0.15, 0.2) is 60.7 Å². The number of carboxylic acids is 1. The molecule has 5 atom stereocenters. The number of aliphatic carboxylic acids is 1. The van der Waals surface area contributed by atoms with E-state index in [0.29, 0.717) is 55.3 Å². The lowest BCUT2D eigenvalue weighted by Gasteiger charge is -2.63. The van der Waals surface area contributed by atoms with Gasteiger partial charge >= 0.3 is 12.1 Å². The van der Waals surface area contributed by atoms with Gasteiger partial charge in [0.25, 0.3) is 5.91 Å². The molecule has 4 fully saturated rings. The van der Waals surface area contributed by atoms with Gasteiger partial charge in [-0.3, -0.25) is 4.79 Å². The first kappa shape index (κ1) is 30.4. The Morgan fingerprint density at radius 1 is 0.977 bits per heavy atom. The molecule has 7 nitrogen and oxygen atoms in total. The number of benzene rings is 3. The third kappa shape index (κ3) is 5.89. The Morgan fingerprint density at radius 2 is 1.68 bits per heavy atom. The zero-order chi connectivity index (χ0) is 31.1. The summed E-state index contributed by atoms with van der Waals surface area (Å²) < 4.78 is 56.8. The maximum atomic E-state index is 13.9. The number of carbonyl (C=O) groups excluding carboxylic acids is 1. The average Bonchev–Trinajstić information content (AvgIpc) is 2.97. The van der Waals surface area contributed by atoms with Crippen LogP contribution in [0.2, 0.25) is 0 Å². The number of methoxy groups -OCH3 is 1. The van der Waals surface area contributed by atoms with Crippen LogP contribution in [0.1, 0.15) is 60.0 Å². The maximum Gasteiger partial charge on any atom is 0.416 e. The van der Waals surface area contributed by atoms with E-state index in [-0.39, 0.29) is 17.9 Å². The number of carboxylic acid groups (broad SMARTS) is 1. The molecule has 3 aromatic rings. The summed E-state index contributed by atoms with van der Waals surface area (Å²) in [6.45, 7) is 0.816. The second-order valence-electron chi connectivity index (χ2n) is 12.7. The quantitative estimate of drug-likeness (QED) is 0.237. The predicted molar refractivity (Wildman–Crippen MR) is 156 cm³/mol. The first-order valence-electron chi connectivity index (χ1n) is 15.0. The van der Waals surface area contributed by atoms with Crippen molar-refractivity contribution in [1.82, 2.24) is 5.32 Å². The second kappa shape index (κ2) is 11.7. The lowest BCUT2D eigenvalue weighted by atomic mass is 9.46. The summed E-state index contributed by atoms with van der Waals surface area (Å²) in [5.74, 6) is -0.743. The Morgan fingerprint density at radius 3 is 2.34 bits per heavy atom. The summed E-state index contributed by atoms with van der Waals surface area (Å²) in [7, 11) is 1.62. The van der Waals surface area contributed by atoms with Crippen molar-refractivity contribution < 1.29 is 42.1 Å². The monoisotopic (exact) mass is 611 g/mol. The summed E-state index contributed by atoms with van der Waals surface area (Å²) in [4.78, 5) is 26.8. The van der Waals surface area contributed by atoms with Crippen molar-refractivity contribution in [3.8, 4) is 5.75 Å². The largest absolute Gasteiger partial charge is 0.487 e. The Balaban J connectivity index is 1.27. The van der Waals surface area contributed by atoms with Crippen LogP contribution in [0.3, 0.4) is 0 Å². The molecule has 0 aromatic heterocycles. The summed E-state index contributed by atoms with van der Waals surface area (Å²) in [5, 5.41) is 14.8. The molecular weight excluding hydrogens is 575 g/mol. The molecular formula is C34H36F3NO6. The SMILES string of the molecule is COCCOC12C[C@H]3C[C@@H](C1)CC([C@H](NC(=O)c1ccc4ccccc4c1OCc1ccc(C(F)(F)F)cc1)C(=O)O)(C3)C2. The van der Waals surface area contributed by atoms with Crippen LogP contribution in [-0.4, -0.2) is 48.9 Å². The molecule has 234 valence electrons. The van der Waals surface area contributed by atoms with E-state index in [4.69, 9.17) is 14.2 Å². The zero-order valence-electron chi connectivity index (χ0n) is 24.5. The van der Waals surface area contributed by atoms with E-state index in [1.165, 1.54) is 12.1 Å². The number of hydrogen-bond donors (Lipinski definition) is 2. The molecule has 2 unspecified atom stereocenters.